The minimum Gasteiger partial charge on any atom is -0.444 e. The van der Waals surface area contributed by atoms with Crippen molar-refractivity contribution in [2.75, 3.05) is 6.54 Å². The molecule has 1 aliphatic heterocycles. The van der Waals surface area contributed by atoms with E-state index >= 15 is 0 Å². The summed E-state index contributed by atoms with van der Waals surface area (Å²) in [6, 6.07) is 1.50. The number of hydrogen-bond acceptors (Lipinski definition) is 6. The molecule has 2 heterocycles. The maximum Gasteiger partial charge on any atom is 0.514 e. The number of nitrogens with zero attached hydrogens (tertiary/aromatic N) is 2. The molecule has 1 amide bonds. The van der Waals surface area contributed by atoms with Crippen LogP contribution < -0.4 is 4.74 Å². The average molecular weight is 364 g/mol. The fraction of sp³-hybridized carbons (Fsp3) is 0.632. The van der Waals surface area contributed by atoms with Crippen molar-refractivity contribution in [1.29, 1.82) is 0 Å². The van der Waals surface area contributed by atoms with E-state index < -0.39 is 17.4 Å². The highest BCUT2D eigenvalue weighted by Gasteiger charge is 2.32. The third-order valence-electron chi connectivity index (χ3n) is 3.70. The predicted octanol–water partition coefficient (Wildman–Crippen LogP) is 4.25. The molecule has 0 bridgehead atoms. The normalized spacial score (nSPS) is 17.3. The Morgan fingerprint density at radius 1 is 1.12 bits per heavy atom. The first-order chi connectivity index (χ1) is 11.9. The molecule has 0 radical (unpaired) electrons. The van der Waals surface area contributed by atoms with Gasteiger partial charge >= 0.3 is 12.2 Å². The van der Waals surface area contributed by atoms with E-state index in [2.05, 4.69) is 4.98 Å². The predicted molar refractivity (Wildman–Crippen MR) is 96.2 cm³/mol. The largest absolute Gasteiger partial charge is 0.514 e. The summed E-state index contributed by atoms with van der Waals surface area (Å²) in [5.74, 6) is 0.288. The van der Waals surface area contributed by atoms with E-state index in [0.29, 0.717) is 13.0 Å². The molecule has 2 rings (SSSR count). The van der Waals surface area contributed by atoms with E-state index in [1.807, 2.05) is 27.7 Å². The fourth-order valence-electron chi connectivity index (χ4n) is 2.64. The van der Waals surface area contributed by atoms with Gasteiger partial charge in [-0.1, -0.05) is 0 Å². The Morgan fingerprint density at radius 2 is 1.73 bits per heavy atom. The molecule has 1 aromatic heterocycles. The van der Waals surface area contributed by atoms with Crippen molar-refractivity contribution >= 4 is 12.2 Å². The van der Waals surface area contributed by atoms with Gasteiger partial charge in [0.1, 0.15) is 11.2 Å². The Morgan fingerprint density at radius 3 is 2.31 bits per heavy atom. The van der Waals surface area contributed by atoms with Crippen LogP contribution in [0.25, 0.3) is 0 Å². The average Bonchev–Trinajstić information content (AvgIpc) is 2.44. The smallest absolute Gasteiger partial charge is 0.444 e. The van der Waals surface area contributed by atoms with Gasteiger partial charge in [0.2, 0.25) is 0 Å². The first kappa shape index (κ1) is 20.0. The second-order valence-corrected chi connectivity index (χ2v) is 8.37. The van der Waals surface area contributed by atoms with Crippen LogP contribution in [0.2, 0.25) is 0 Å². The standard InChI is InChI=1S/C19H28N2O5/c1-12-14-10-13(24-17(23)26-19(5,6)7)11-20-15(14)8-9-21(12)16(22)25-18(2,3)4/h10-12H,8-9H2,1-7H3. The van der Waals surface area contributed by atoms with Crippen molar-refractivity contribution in [2.24, 2.45) is 0 Å². The molecule has 0 fully saturated rings. The number of rotatable bonds is 1. The molecule has 1 aromatic rings. The summed E-state index contributed by atoms with van der Waals surface area (Å²) in [6.45, 7) is 13.2. The van der Waals surface area contributed by atoms with Gasteiger partial charge in [-0.2, -0.15) is 0 Å². The maximum absolute atomic E-state index is 12.4. The van der Waals surface area contributed by atoms with Gasteiger partial charge in [-0.3, -0.25) is 4.98 Å². The van der Waals surface area contributed by atoms with Crippen LogP contribution in [0, 0.1) is 0 Å². The second-order valence-electron chi connectivity index (χ2n) is 8.37. The molecule has 1 atom stereocenters. The van der Waals surface area contributed by atoms with Gasteiger partial charge in [0, 0.05) is 18.7 Å². The molecular formula is C19H28N2O5. The van der Waals surface area contributed by atoms with Crippen LogP contribution in [0.4, 0.5) is 9.59 Å². The van der Waals surface area contributed by atoms with Crippen LogP contribution in [-0.4, -0.2) is 39.9 Å². The number of ether oxygens (including phenoxy) is 3. The van der Waals surface area contributed by atoms with Crippen molar-refractivity contribution < 1.29 is 23.8 Å². The van der Waals surface area contributed by atoms with Crippen molar-refractivity contribution in [3.63, 3.8) is 0 Å². The number of pyridine rings is 1. The van der Waals surface area contributed by atoms with Crippen LogP contribution in [0.1, 0.15) is 65.8 Å². The summed E-state index contributed by atoms with van der Waals surface area (Å²) in [4.78, 5) is 30.3. The van der Waals surface area contributed by atoms with E-state index in [1.165, 1.54) is 6.20 Å². The highest BCUT2D eigenvalue weighted by Crippen LogP contribution is 2.32. The Labute approximate surface area is 154 Å². The zero-order valence-corrected chi connectivity index (χ0v) is 16.6. The second kappa shape index (κ2) is 7.13. The Kier molecular flexibility index (Phi) is 5.49. The fourth-order valence-corrected chi connectivity index (χ4v) is 2.64. The number of aromatic nitrogens is 1. The summed E-state index contributed by atoms with van der Waals surface area (Å²) >= 11 is 0. The molecule has 1 unspecified atom stereocenters. The molecule has 7 heteroatoms. The van der Waals surface area contributed by atoms with E-state index in [0.717, 1.165) is 11.3 Å². The Balaban J connectivity index is 2.15. The van der Waals surface area contributed by atoms with Gasteiger partial charge in [0.25, 0.3) is 0 Å². The van der Waals surface area contributed by atoms with E-state index in [4.69, 9.17) is 14.2 Å². The summed E-state index contributed by atoms with van der Waals surface area (Å²) in [5, 5.41) is 0. The van der Waals surface area contributed by atoms with Crippen LogP contribution in [0.15, 0.2) is 12.3 Å². The third kappa shape index (κ3) is 5.34. The van der Waals surface area contributed by atoms with Crippen molar-refractivity contribution in [3.05, 3.63) is 23.5 Å². The number of hydrogen-bond donors (Lipinski definition) is 0. The van der Waals surface area contributed by atoms with E-state index in [9.17, 15) is 9.59 Å². The Bertz CT molecular complexity index is 688. The van der Waals surface area contributed by atoms with Gasteiger partial charge in [-0.05, 0) is 60.1 Å². The Hall–Kier alpha value is -2.31. The van der Waals surface area contributed by atoms with Crippen LogP contribution in [0.5, 0.6) is 5.75 Å². The van der Waals surface area contributed by atoms with Gasteiger partial charge in [0.15, 0.2) is 5.75 Å². The van der Waals surface area contributed by atoms with Gasteiger partial charge < -0.3 is 19.1 Å². The summed E-state index contributed by atoms with van der Waals surface area (Å²) in [5.41, 5.74) is 0.522. The third-order valence-corrected chi connectivity index (χ3v) is 3.70. The number of amides is 1. The van der Waals surface area contributed by atoms with Gasteiger partial charge in [-0.15, -0.1) is 0 Å². The lowest BCUT2D eigenvalue weighted by molar-refractivity contribution is 0.0147. The van der Waals surface area contributed by atoms with Crippen LogP contribution >= 0.6 is 0 Å². The zero-order chi connectivity index (χ0) is 19.7. The van der Waals surface area contributed by atoms with E-state index in [-0.39, 0.29) is 17.9 Å². The topological polar surface area (TPSA) is 78.0 Å². The lowest BCUT2D eigenvalue weighted by atomic mass is 9.98. The number of carbonyl (C=O) groups is 2. The molecule has 0 saturated heterocycles. The van der Waals surface area contributed by atoms with Gasteiger partial charge in [-0.25, -0.2) is 9.59 Å². The SMILES string of the molecule is CC1c2cc(OC(=O)OC(C)(C)C)cnc2CCN1C(=O)OC(C)(C)C. The monoisotopic (exact) mass is 364 g/mol. The lowest BCUT2D eigenvalue weighted by Gasteiger charge is -2.35. The molecule has 144 valence electrons. The molecule has 0 aromatic carbocycles. The van der Waals surface area contributed by atoms with Crippen molar-refractivity contribution in [3.8, 4) is 5.75 Å². The molecular weight excluding hydrogens is 336 g/mol. The molecule has 0 spiro atoms. The van der Waals surface area contributed by atoms with E-state index in [1.54, 1.807) is 31.7 Å². The highest BCUT2D eigenvalue weighted by atomic mass is 16.7. The summed E-state index contributed by atoms with van der Waals surface area (Å²) in [6.07, 6.45) is 0.963. The maximum atomic E-state index is 12.4. The van der Waals surface area contributed by atoms with Gasteiger partial charge in [0.05, 0.1) is 12.2 Å². The lowest BCUT2D eigenvalue weighted by Crippen LogP contribution is -2.42. The zero-order valence-electron chi connectivity index (χ0n) is 16.6. The highest BCUT2D eigenvalue weighted by molar-refractivity contribution is 5.69. The summed E-state index contributed by atoms with van der Waals surface area (Å²) in [7, 11) is 0. The molecule has 0 saturated carbocycles. The van der Waals surface area contributed by atoms with Crippen molar-refractivity contribution in [2.45, 2.75) is 72.1 Å². The number of carbonyl (C=O) groups excluding carboxylic acids is 2. The van der Waals surface area contributed by atoms with Crippen molar-refractivity contribution in [1.82, 2.24) is 9.88 Å². The summed E-state index contributed by atoms with van der Waals surface area (Å²) < 4.78 is 15.8. The van der Waals surface area contributed by atoms with Crippen LogP contribution in [-0.2, 0) is 15.9 Å². The first-order valence-electron chi connectivity index (χ1n) is 8.75. The molecule has 0 aliphatic carbocycles. The molecule has 1 aliphatic rings. The molecule has 7 nitrogen and oxygen atoms in total. The quantitative estimate of drug-likeness (QED) is 0.693. The number of fused-ring (bicyclic) bond motifs is 1. The van der Waals surface area contributed by atoms with Crippen LogP contribution in [0.3, 0.4) is 0 Å². The minimum atomic E-state index is -0.785. The minimum absolute atomic E-state index is 0.233. The first-order valence-corrected chi connectivity index (χ1v) is 8.75. The molecule has 0 N–H and O–H groups in total. The molecule has 26 heavy (non-hydrogen) atoms.